The lowest BCUT2D eigenvalue weighted by molar-refractivity contribution is 0.354. The predicted octanol–water partition coefficient (Wildman–Crippen LogP) is 2.55. The number of piperidine rings is 1. The molecule has 0 radical (unpaired) electrons. The summed E-state index contributed by atoms with van der Waals surface area (Å²) < 4.78 is 5.54. The van der Waals surface area contributed by atoms with E-state index in [0.29, 0.717) is 0 Å². The van der Waals surface area contributed by atoms with Crippen molar-refractivity contribution in [1.82, 2.24) is 5.32 Å². The second-order valence-corrected chi connectivity index (χ2v) is 5.27. The van der Waals surface area contributed by atoms with Gasteiger partial charge >= 0.3 is 0 Å². The van der Waals surface area contributed by atoms with Crippen LogP contribution >= 0.6 is 0 Å². The summed E-state index contributed by atoms with van der Waals surface area (Å²) in [7, 11) is 0. The van der Waals surface area contributed by atoms with Gasteiger partial charge in [-0.1, -0.05) is 12.1 Å². The minimum absolute atomic E-state index is 0.868. The van der Waals surface area contributed by atoms with Gasteiger partial charge in [-0.3, -0.25) is 0 Å². The molecule has 0 atom stereocenters. The summed E-state index contributed by atoms with van der Waals surface area (Å²) in [5.74, 6) is 2.04. The fraction of sp³-hybridized carbons (Fsp3) is 0.600. The van der Waals surface area contributed by atoms with E-state index in [9.17, 15) is 0 Å². The van der Waals surface area contributed by atoms with Crippen LogP contribution in [0.5, 0.6) is 5.75 Å². The fourth-order valence-electron chi connectivity index (χ4n) is 2.94. The molecule has 0 aromatic heterocycles. The van der Waals surface area contributed by atoms with Crippen molar-refractivity contribution >= 4 is 0 Å². The predicted molar refractivity (Wildman–Crippen MR) is 69.6 cm³/mol. The van der Waals surface area contributed by atoms with E-state index in [-0.39, 0.29) is 0 Å². The number of nitrogens with one attached hydrogen (secondary N) is 1. The molecule has 2 heterocycles. The van der Waals surface area contributed by atoms with E-state index in [1.807, 2.05) is 0 Å². The summed E-state index contributed by atoms with van der Waals surface area (Å²) in [6.45, 7) is 3.29. The second-order valence-electron chi connectivity index (χ2n) is 5.27. The van der Waals surface area contributed by atoms with Crippen molar-refractivity contribution in [2.75, 3.05) is 19.7 Å². The lowest BCUT2D eigenvalue weighted by Crippen LogP contribution is -2.27. The third-order valence-electron chi connectivity index (χ3n) is 4.05. The van der Waals surface area contributed by atoms with E-state index in [0.717, 1.165) is 24.7 Å². The summed E-state index contributed by atoms with van der Waals surface area (Å²) >= 11 is 0. The topological polar surface area (TPSA) is 21.3 Å². The molecular formula is C15H21NO. The Kier molecular flexibility index (Phi) is 3.32. The number of ether oxygens (including phenoxy) is 1. The van der Waals surface area contributed by atoms with Gasteiger partial charge in [-0.05, 0) is 61.9 Å². The minimum atomic E-state index is 0.868. The standard InChI is InChI=1S/C15H21NO/c1(12-5-8-16-9-6-12)2-13-3-4-15-14(11-13)7-10-17-15/h3-4,11-12,16H,1-2,5-10H2. The van der Waals surface area contributed by atoms with Crippen molar-refractivity contribution < 1.29 is 4.74 Å². The van der Waals surface area contributed by atoms with Crippen molar-refractivity contribution in [2.24, 2.45) is 5.92 Å². The highest BCUT2D eigenvalue weighted by Gasteiger charge is 2.15. The minimum Gasteiger partial charge on any atom is -0.493 e. The maximum atomic E-state index is 5.54. The van der Waals surface area contributed by atoms with Crippen LogP contribution in [0.25, 0.3) is 0 Å². The van der Waals surface area contributed by atoms with Gasteiger partial charge in [-0.2, -0.15) is 0 Å². The molecule has 1 aromatic rings. The molecule has 0 bridgehead atoms. The lowest BCUT2D eigenvalue weighted by atomic mass is 9.91. The molecule has 1 fully saturated rings. The van der Waals surface area contributed by atoms with Gasteiger partial charge in [0.25, 0.3) is 0 Å². The van der Waals surface area contributed by atoms with Gasteiger partial charge in [-0.25, -0.2) is 0 Å². The Morgan fingerprint density at radius 2 is 2.12 bits per heavy atom. The van der Waals surface area contributed by atoms with Crippen LogP contribution in [-0.2, 0) is 12.8 Å². The summed E-state index contributed by atoms with van der Waals surface area (Å²) in [4.78, 5) is 0. The molecule has 1 aromatic carbocycles. The molecule has 2 nitrogen and oxygen atoms in total. The van der Waals surface area contributed by atoms with Gasteiger partial charge in [0.2, 0.25) is 0 Å². The zero-order chi connectivity index (χ0) is 11.5. The quantitative estimate of drug-likeness (QED) is 0.863. The van der Waals surface area contributed by atoms with Gasteiger partial charge in [0.1, 0.15) is 5.75 Å². The van der Waals surface area contributed by atoms with Crippen LogP contribution < -0.4 is 10.1 Å². The third-order valence-corrected chi connectivity index (χ3v) is 4.05. The Labute approximate surface area is 103 Å². The number of hydrogen-bond donors (Lipinski definition) is 1. The van der Waals surface area contributed by atoms with Gasteiger partial charge in [0, 0.05) is 6.42 Å². The van der Waals surface area contributed by atoms with Crippen LogP contribution in [0, 0.1) is 5.92 Å². The molecule has 2 aliphatic heterocycles. The van der Waals surface area contributed by atoms with Gasteiger partial charge in [-0.15, -0.1) is 0 Å². The first kappa shape index (κ1) is 11.1. The Bertz CT molecular complexity index is 383. The number of rotatable bonds is 3. The molecule has 0 saturated carbocycles. The second kappa shape index (κ2) is 5.09. The number of aryl methyl sites for hydroxylation is 1. The number of hydrogen-bond acceptors (Lipinski definition) is 2. The van der Waals surface area contributed by atoms with Gasteiger partial charge in [0.15, 0.2) is 0 Å². The van der Waals surface area contributed by atoms with Crippen LogP contribution in [-0.4, -0.2) is 19.7 Å². The zero-order valence-electron chi connectivity index (χ0n) is 10.4. The molecular weight excluding hydrogens is 210 g/mol. The summed E-state index contributed by atoms with van der Waals surface area (Å²) in [6.07, 6.45) is 6.39. The molecule has 2 heteroatoms. The van der Waals surface area contributed by atoms with Crippen LogP contribution in [0.4, 0.5) is 0 Å². The monoisotopic (exact) mass is 231 g/mol. The Balaban J connectivity index is 1.57. The van der Waals surface area contributed by atoms with Gasteiger partial charge < -0.3 is 10.1 Å². The average Bonchev–Trinajstić information content (AvgIpc) is 2.85. The molecule has 17 heavy (non-hydrogen) atoms. The molecule has 0 aliphatic carbocycles. The highest BCUT2D eigenvalue weighted by atomic mass is 16.5. The van der Waals surface area contributed by atoms with E-state index in [2.05, 4.69) is 23.5 Å². The molecule has 92 valence electrons. The van der Waals surface area contributed by atoms with Crippen LogP contribution in [0.2, 0.25) is 0 Å². The Hall–Kier alpha value is -1.02. The number of fused-ring (bicyclic) bond motifs is 1. The van der Waals surface area contributed by atoms with Gasteiger partial charge in [0.05, 0.1) is 6.61 Å². The summed E-state index contributed by atoms with van der Waals surface area (Å²) in [5, 5.41) is 3.43. The van der Waals surface area contributed by atoms with E-state index >= 15 is 0 Å². The van der Waals surface area contributed by atoms with Crippen LogP contribution in [0.1, 0.15) is 30.4 Å². The van der Waals surface area contributed by atoms with E-state index < -0.39 is 0 Å². The van der Waals surface area contributed by atoms with Crippen LogP contribution in [0.15, 0.2) is 18.2 Å². The first-order valence-electron chi connectivity index (χ1n) is 6.87. The fourth-order valence-corrected chi connectivity index (χ4v) is 2.94. The van der Waals surface area contributed by atoms with Crippen molar-refractivity contribution in [3.05, 3.63) is 29.3 Å². The molecule has 0 unspecified atom stereocenters. The van der Waals surface area contributed by atoms with E-state index in [1.54, 1.807) is 0 Å². The maximum Gasteiger partial charge on any atom is 0.122 e. The van der Waals surface area contributed by atoms with E-state index in [4.69, 9.17) is 4.74 Å². The maximum absolute atomic E-state index is 5.54. The van der Waals surface area contributed by atoms with Crippen LogP contribution in [0.3, 0.4) is 0 Å². The summed E-state index contributed by atoms with van der Waals surface area (Å²) in [5.41, 5.74) is 2.90. The molecule has 1 saturated heterocycles. The first-order valence-corrected chi connectivity index (χ1v) is 6.87. The molecule has 0 amide bonds. The SMILES string of the molecule is c1cc2c(cc1CCC1CCNCC1)CCO2. The smallest absolute Gasteiger partial charge is 0.122 e. The molecule has 3 rings (SSSR count). The van der Waals surface area contributed by atoms with E-state index in [1.165, 1.54) is 49.9 Å². The summed E-state index contributed by atoms with van der Waals surface area (Å²) in [6, 6.07) is 6.74. The van der Waals surface area contributed by atoms with Crippen molar-refractivity contribution in [2.45, 2.75) is 32.1 Å². The highest BCUT2D eigenvalue weighted by Crippen LogP contribution is 2.27. The van der Waals surface area contributed by atoms with Crippen molar-refractivity contribution in [3.8, 4) is 5.75 Å². The normalized spacial score (nSPS) is 20.0. The lowest BCUT2D eigenvalue weighted by Gasteiger charge is -2.22. The van der Waals surface area contributed by atoms with Crippen molar-refractivity contribution in [3.63, 3.8) is 0 Å². The Morgan fingerprint density at radius 1 is 1.24 bits per heavy atom. The zero-order valence-corrected chi connectivity index (χ0v) is 10.4. The highest BCUT2D eigenvalue weighted by molar-refractivity contribution is 5.39. The largest absolute Gasteiger partial charge is 0.493 e. The molecule has 0 spiro atoms. The first-order chi connectivity index (χ1) is 8.42. The van der Waals surface area contributed by atoms with Crippen molar-refractivity contribution in [1.29, 1.82) is 0 Å². The Morgan fingerprint density at radius 3 is 3.00 bits per heavy atom. The number of benzene rings is 1. The molecule has 1 N–H and O–H groups in total. The average molecular weight is 231 g/mol. The molecule has 2 aliphatic rings. The third kappa shape index (κ3) is 2.63.